The summed E-state index contributed by atoms with van der Waals surface area (Å²) in [7, 11) is 6.80. The van der Waals surface area contributed by atoms with Gasteiger partial charge >= 0.3 is 5.97 Å². The summed E-state index contributed by atoms with van der Waals surface area (Å²) in [6.07, 6.45) is 0. The van der Waals surface area contributed by atoms with Crippen molar-refractivity contribution in [3.8, 4) is 5.88 Å². The fraction of sp³-hybridized carbons (Fsp3) is 0.233. The highest BCUT2D eigenvalue weighted by molar-refractivity contribution is 6.22. The summed E-state index contributed by atoms with van der Waals surface area (Å²) in [6, 6.07) is 19.9. The van der Waals surface area contributed by atoms with Gasteiger partial charge in [0.25, 0.3) is 5.91 Å². The first-order valence-electron chi connectivity index (χ1n) is 12.4. The molecule has 0 saturated carbocycles. The molecule has 2 N–H and O–H groups in total. The number of hydrogen-bond acceptors (Lipinski definition) is 7. The number of likely N-dealkylation sites (N-methyl/N-ethyl adjacent to an activating group) is 1. The molecule has 9 nitrogen and oxygen atoms in total. The molecule has 39 heavy (non-hydrogen) atoms. The SMILES string of the molecule is COC(=O)c1ccc2c(C(=Nc3ccc(C(=O)N(C)OCCN(C)C)c(C)c3)c3ccccc3)c(O)[nH]c2c1. The van der Waals surface area contributed by atoms with E-state index in [9.17, 15) is 14.7 Å². The van der Waals surface area contributed by atoms with Crippen LogP contribution in [0.4, 0.5) is 5.69 Å². The number of aromatic amines is 1. The van der Waals surface area contributed by atoms with E-state index in [1.807, 2.05) is 62.3 Å². The van der Waals surface area contributed by atoms with Crippen molar-refractivity contribution in [2.24, 2.45) is 4.99 Å². The molecule has 0 atom stereocenters. The van der Waals surface area contributed by atoms with E-state index in [0.717, 1.165) is 11.1 Å². The number of carbonyl (C=O) groups is 2. The maximum absolute atomic E-state index is 13.0. The minimum Gasteiger partial charge on any atom is -0.494 e. The molecule has 3 aromatic carbocycles. The van der Waals surface area contributed by atoms with Gasteiger partial charge in [0.15, 0.2) is 5.88 Å². The first-order valence-corrected chi connectivity index (χ1v) is 12.4. The topological polar surface area (TPSA) is 107 Å². The van der Waals surface area contributed by atoms with E-state index in [1.54, 1.807) is 37.4 Å². The van der Waals surface area contributed by atoms with E-state index in [4.69, 9.17) is 14.6 Å². The molecule has 0 saturated heterocycles. The number of nitrogens with zero attached hydrogens (tertiary/aromatic N) is 3. The number of benzene rings is 3. The van der Waals surface area contributed by atoms with E-state index < -0.39 is 5.97 Å². The molecule has 0 bridgehead atoms. The first-order chi connectivity index (χ1) is 18.7. The maximum Gasteiger partial charge on any atom is 0.337 e. The van der Waals surface area contributed by atoms with Crippen molar-refractivity contribution >= 4 is 34.2 Å². The van der Waals surface area contributed by atoms with E-state index >= 15 is 0 Å². The third-order valence-electron chi connectivity index (χ3n) is 6.27. The van der Waals surface area contributed by atoms with Gasteiger partial charge in [-0.2, -0.15) is 0 Å². The van der Waals surface area contributed by atoms with Gasteiger partial charge in [-0.25, -0.2) is 14.9 Å². The Kier molecular flexibility index (Phi) is 8.43. The Morgan fingerprint density at radius 2 is 1.72 bits per heavy atom. The molecule has 4 aromatic rings. The number of carbonyl (C=O) groups excluding carboxylic acids is 2. The lowest BCUT2D eigenvalue weighted by atomic mass is 10.00. The van der Waals surface area contributed by atoms with Crippen LogP contribution in [0.25, 0.3) is 10.9 Å². The van der Waals surface area contributed by atoms with Crippen molar-refractivity contribution in [3.05, 3.63) is 94.5 Å². The molecule has 1 amide bonds. The number of amides is 1. The minimum absolute atomic E-state index is 0.0744. The smallest absolute Gasteiger partial charge is 0.337 e. The molecular weight excluding hydrogens is 496 g/mol. The van der Waals surface area contributed by atoms with Crippen LogP contribution in [0.15, 0.2) is 71.7 Å². The monoisotopic (exact) mass is 528 g/mol. The minimum atomic E-state index is -0.469. The summed E-state index contributed by atoms with van der Waals surface area (Å²) in [5.41, 5.74) is 4.62. The standard InChI is InChI=1S/C30H32N4O5/c1-19-17-22(12-14-23(19)29(36)34(4)39-16-15-33(2)3)31-27(20-9-7-6-8-10-20)26-24-13-11-21(30(37)38-5)18-25(24)32-28(26)35/h6-14,17-18,32,35H,15-16H2,1-5H3. The molecular formula is C30H32N4O5. The largest absolute Gasteiger partial charge is 0.494 e. The van der Waals surface area contributed by atoms with Crippen molar-refractivity contribution in [3.63, 3.8) is 0 Å². The lowest BCUT2D eigenvalue weighted by Gasteiger charge is -2.19. The normalized spacial score (nSPS) is 11.7. The highest BCUT2D eigenvalue weighted by atomic mass is 16.7. The molecule has 0 aliphatic heterocycles. The molecule has 1 aromatic heterocycles. The van der Waals surface area contributed by atoms with Crippen LogP contribution < -0.4 is 0 Å². The van der Waals surface area contributed by atoms with Gasteiger partial charge in [0.05, 0.1) is 36.2 Å². The summed E-state index contributed by atoms with van der Waals surface area (Å²) in [6.45, 7) is 2.93. The average molecular weight is 529 g/mol. The van der Waals surface area contributed by atoms with Crippen LogP contribution in [-0.4, -0.2) is 79.0 Å². The Balaban J connectivity index is 1.73. The molecule has 0 radical (unpaired) electrons. The van der Waals surface area contributed by atoms with Crippen molar-refractivity contribution < 1.29 is 24.3 Å². The second-order valence-corrected chi connectivity index (χ2v) is 9.37. The number of fused-ring (bicyclic) bond motifs is 1. The molecule has 4 rings (SSSR count). The van der Waals surface area contributed by atoms with Gasteiger partial charge in [0.2, 0.25) is 0 Å². The summed E-state index contributed by atoms with van der Waals surface area (Å²) in [5, 5.41) is 12.9. The molecule has 0 aliphatic carbocycles. The number of aliphatic imine (C=N–C) groups is 1. The Labute approximate surface area is 227 Å². The number of hydroxylamine groups is 2. The number of esters is 1. The maximum atomic E-state index is 13.0. The summed E-state index contributed by atoms with van der Waals surface area (Å²) >= 11 is 0. The zero-order valence-electron chi connectivity index (χ0n) is 22.7. The Bertz CT molecular complexity index is 1530. The van der Waals surface area contributed by atoms with E-state index in [0.29, 0.717) is 52.1 Å². The van der Waals surface area contributed by atoms with Crippen LogP contribution in [-0.2, 0) is 9.57 Å². The fourth-order valence-electron chi connectivity index (χ4n) is 4.20. The molecule has 0 aliphatic rings. The van der Waals surface area contributed by atoms with E-state index in [-0.39, 0.29) is 11.8 Å². The Morgan fingerprint density at radius 3 is 2.38 bits per heavy atom. The quantitative estimate of drug-likeness (QED) is 0.185. The molecule has 202 valence electrons. The van der Waals surface area contributed by atoms with Crippen LogP contribution in [0, 0.1) is 6.92 Å². The average Bonchev–Trinajstić information content (AvgIpc) is 3.25. The predicted octanol–water partition coefficient (Wildman–Crippen LogP) is 4.70. The number of rotatable bonds is 9. The van der Waals surface area contributed by atoms with Crippen LogP contribution >= 0.6 is 0 Å². The lowest BCUT2D eigenvalue weighted by molar-refractivity contribution is -0.108. The van der Waals surface area contributed by atoms with Crippen molar-refractivity contribution in [2.75, 3.05) is 41.4 Å². The van der Waals surface area contributed by atoms with Gasteiger partial charge in [-0.05, 0) is 56.9 Å². The first kappa shape index (κ1) is 27.6. The van der Waals surface area contributed by atoms with Gasteiger partial charge in [-0.1, -0.05) is 36.4 Å². The molecule has 0 spiro atoms. The number of aromatic hydroxyl groups is 1. The Morgan fingerprint density at radius 1 is 0.974 bits per heavy atom. The van der Waals surface area contributed by atoms with E-state index in [1.165, 1.54) is 12.2 Å². The molecule has 1 heterocycles. The number of hydrogen-bond donors (Lipinski definition) is 2. The number of aryl methyl sites for hydroxylation is 1. The third-order valence-corrected chi connectivity index (χ3v) is 6.27. The second-order valence-electron chi connectivity index (χ2n) is 9.37. The van der Waals surface area contributed by atoms with Gasteiger partial charge in [-0.15, -0.1) is 0 Å². The number of H-pyrrole nitrogens is 1. The summed E-state index contributed by atoms with van der Waals surface area (Å²) in [4.78, 5) is 40.4. The van der Waals surface area contributed by atoms with Crippen LogP contribution in [0.2, 0.25) is 0 Å². The summed E-state index contributed by atoms with van der Waals surface area (Å²) in [5.74, 6) is -0.793. The highest BCUT2D eigenvalue weighted by Gasteiger charge is 2.21. The number of aromatic nitrogens is 1. The lowest BCUT2D eigenvalue weighted by Crippen LogP contribution is -2.30. The zero-order valence-corrected chi connectivity index (χ0v) is 22.7. The Hall–Kier alpha value is -4.47. The molecule has 0 unspecified atom stereocenters. The van der Waals surface area contributed by atoms with Gasteiger partial charge in [-0.3, -0.25) is 9.63 Å². The zero-order chi connectivity index (χ0) is 28.1. The molecule has 0 fully saturated rings. The van der Waals surface area contributed by atoms with Crippen molar-refractivity contribution in [1.82, 2.24) is 14.9 Å². The van der Waals surface area contributed by atoms with Crippen molar-refractivity contribution in [2.45, 2.75) is 6.92 Å². The van der Waals surface area contributed by atoms with Crippen LogP contribution in [0.5, 0.6) is 5.88 Å². The number of nitrogens with one attached hydrogen (secondary N) is 1. The second kappa shape index (κ2) is 11.9. The number of ether oxygens (including phenoxy) is 1. The fourth-order valence-corrected chi connectivity index (χ4v) is 4.20. The summed E-state index contributed by atoms with van der Waals surface area (Å²) < 4.78 is 4.82. The van der Waals surface area contributed by atoms with Gasteiger partial charge < -0.3 is 19.7 Å². The van der Waals surface area contributed by atoms with Gasteiger partial charge in [0.1, 0.15) is 0 Å². The van der Waals surface area contributed by atoms with Crippen molar-refractivity contribution in [1.29, 1.82) is 0 Å². The molecule has 9 heteroatoms. The van der Waals surface area contributed by atoms with E-state index in [2.05, 4.69) is 4.98 Å². The van der Waals surface area contributed by atoms with Crippen LogP contribution in [0.3, 0.4) is 0 Å². The number of methoxy groups -OCH3 is 1. The van der Waals surface area contributed by atoms with Crippen LogP contribution in [0.1, 0.15) is 37.4 Å². The predicted molar refractivity (Wildman–Crippen MR) is 151 cm³/mol. The van der Waals surface area contributed by atoms with Gasteiger partial charge in [0, 0.05) is 35.6 Å². The third kappa shape index (κ3) is 6.17. The highest BCUT2D eigenvalue weighted by Crippen LogP contribution is 2.32.